The Kier molecular flexibility index (Phi) is 4.31. The molecule has 0 saturated carbocycles. The summed E-state index contributed by atoms with van der Waals surface area (Å²) in [5, 5.41) is 27.2. The van der Waals surface area contributed by atoms with Crippen molar-refractivity contribution >= 4 is 16.9 Å². The summed E-state index contributed by atoms with van der Waals surface area (Å²) >= 11 is 1.39. The molecule has 100 valence electrons. The molecule has 5 atom stereocenters. The fourth-order valence-corrected chi connectivity index (χ4v) is 3.17. The lowest BCUT2D eigenvalue weighted by Crippen LogP contribution is -2.59. The first-order valence-corrected chi connectivity index (χ1v) is 6.57. The fraction of sp³-hybridized carbons (Fsp3) is 0.889. The van der Waals surface area contributed by atoms with Gasteiger partial charge in [0.2, 0.25) is 4.91 Å². The third-order valence-electron chi connectivity index (χ3n) is 2.85. The number of amidine groups is 1. The van der Waals surface area contributed by atoms with Crippen molar-refractivity contribution in [3.8, 4) is 0 Å². The number of ether oxygens (including phenoxy) is 1. The first-order valence-electron chi connectivity index (χ1n) is 5.69. The summed E-state index contributed by atoms with van der Waals surface area (Å²) in [5.41, 5.74) is 6.29. The molecule has 0 radical (unpaired) electrons. The van der Waals surface area contributed by atoms with Crippen molar-refractivity contribution in [1.82, 2.24) is 10.2 Å². The van der Waals surface area contributed by atoms with Gasteiger partial charge in [-0.1, -0.05) is 11.8 Å². The summed E-state index contributed by atoms with van der Waals surface area (Å²) in [5.74, 6) is 0. The van der Waals surface area contributed by atoms with E-state index in [-0.39, 0.29) is 18.0 Å². The van der Waals surface area contributed by atoms with E-state index in [1.54, 1.807) is 0 Å². The molecule has 2 saturated heterocycles. The van der Waals surface area contributed by atoms with Gasteiger partial charge in [0.25, 0.3) is 0 Å². The van der Waals surface area contributed by atoms with Crippen molar-refractivity contribution in [3.63, 3.8) is 0 Å². The highest BCUT2D eigenvalue weighted by Gasteiger charge is 2.49. The third kappa shape index (κ3) is 2.55. The van der Waals surface area contributed by atoms with Gasteiger partial charge in [0.1, 0.15) is 34.4 Å². The molecule has 0 bridgehead atoms. The molecule has 0 unspecified atom stereocenters. The summed E-state index contributed by atoms with van der Waals surface area (Å²) in [6, 6.07) is -0.375. The topological polar surface area (TPSA) is 124 Å². The predicted molar refractivity (Wildman–Crippen MR) is 65.3 cm³/mol. The van der Waals surface area contributed by atoms with Crippen LogP contribution in [0.3, 0.4) is 0 Å². The van der Waals surface area contributed by atoms with Gasteiger partial charge in [0, 0.05) is 6.54 Å². The SMILES string of the molecule is CCN=C1N[C@@H]2[C@@H](O)[C@H](O)[C@@H](CN=[N+]=N)O[C@@H]2S1. The summed E-state index contributed by atoms with van der Waals surface area (Å²) in [4.78, 5) is 7.09. The Hall–Kier alpha value is -0.990. The van der Waals surface area contributed by atoms with Gasteiger partial charge in [-0.2, -0.15) is 0 Å². The van der Waals surface area contributed by atoms with Gasteiger partial charge >= 0.3 is 0 Å². The maximum absolute atomic E-state index is 10.0. The molecule has 2 aliphatic rings. The van der Waals surface area contributed by atoms with Crippen LogP contribution in [-0.4, -0.2) is 58.3 Å². The molecule has 4 N–H and O–H groups in total. The maximum Gasteiger partial charge on any atom is 0.214 e. The number of hydrogen-bond donors (Lipinski definition) is 4. The Balaban J connectivity index is 2.08. The highest BCUT2D eigenvalue weighted by atomic mass is 32.2. The Morgan fingerprint density at radius 3 is 2.94 bits per heavy atom. The highest BCUT2D eigenvalue weighted by Crippen LogP contribution is 2.33. The molecule has 0 amide bonds. The lowest BCUT2D eigenvalue weighted by atomic mass is 9.98. The Bertz CT molecular complexity index is 386. The van der Waals surface area contributed by atoms with E-state index < -0.39 is 18.3 Å². The van der Waals surface area contributed by atoms with Crippen molar-refractivity contribution in [1.29, 1.82) is 5.53 Å². The number of nitrogens with zero attached hydrogens (tertiary/aromatic N) is 3. The zero-order chi connectivity index (χ0) is 13.1. The van der Waals surface area contributed by atoms with Crippen LogP contribution in [0.2, 0.25) is 0 Å². The average molecular weight is 274 g/mol. The van der Waals surface area contributed by atoms with E-state index in [1.807, 2.05) is 6.92 Å². The molecule has 8 nitrogen and oxygen atoms in total. The van der Waals surface area contributed by atoms with E-state index in [1.165, 1.54) is 11.8 Å². The molecule has 0 aliphatic carbocycles. The molecule has 18 heavy (non-hydrogen) atoms. The van der Waals surface area contributed by atoms with E-state index in [0.29, 0.717) is 11.7 Å². The molecule has 0 aromatic heterocycles. The Labute approximate surface area is 108 Å². The number of rotatable bonds is 3. The molecule has 2 fully saturated rings. The van der Waals surface area contributed by atoms with E-state index >= 15 is 0 Å². The van der Waals surface area contributed by atoms with Crippen molar-refractivity contribution in [2.75, 3.05) is 13.1 Å². The minimum atomic E-state index is -1.05. The Morgan fingerprint density at radius 2 is 2.28 bits per heavy atom. The quantitative estimate of drug-likeness (QED) is 0.391. The van der Waals surface area contributed by atoms with E-state index in [0.717, 1.165) is 0 Å². The number of hydrogen-bond acceptors (Lipinski definition) is 7. The first kappa shape index (κ1) is 13.4. The molecule has 9 heteroatoms. The second-order valence-corrected chi connectivity index (χ2v) is 5.10. The van der Waals surface area contributed by atoms with Gasteiger partial charge in [0.15, 0.2) is 11.7 Å². The van der Waals surface area contributed by atoms with Crippen LogP contribution in [0.5, 0.6) is 0 Å². The van der Waals surface area contributed by atoms with Gasteiger partial charge in [-0.05, 0) is 6.92 Å². The van der Waals surface area contributed by atoms with Crippen LogP contribution < -0.4 is 10.2 Å². The van der Waals surface area contributed by atoms with Crippen LogP contribution in [0, 0.1) is 5.53 Å². The molecule has 0 spiro atoms. The molecular weight excluding hydrogens is 258 g/mol. The van der Waals surface area contributed by atoms with E-state index in [4.69, 9.17) is 10.3 Å². The highest BCUT2D eigenvalue weighted by molar-refractivity contribution is 8.14. The number of fused-ring (bicyclic) bond motifs is 1. The monoisotopic (exact) mass is 274 g/mol. The largest absolute Gasteiger partial charge is 0.388 e. The molecule has 2 aliphatic heterocycles. The number of aliphatic hydroxyl groups is 2. The van der Waals surface area contributed by atoms with Crippen molar-refractivity contribution < 1.29 is 14.9 Å². The lowest BCUT2D eigenvalue weighted by Gasteiger charge is -2.37. The molecule has 0 aromatic carbocycles. The third-order valence-corrected chi connectivity index (χ3v) is 3.96. The Morgan fingerprint density at radius 1 is 1.50 bits per heavy atom. The number of aliphatic hydroxyl groups excluding tert-OH is 2. The van der Waals surface area contributed by atoms with Crippen LogP contribution in [0.1, 0.15) is 6.92 Å². The zero-order valence-electron chi connectivity index (χ0n) is 9.85. The second kappa shape index (κ2) is 5.77. The van der Waals surface area contributed by atoms with Crippen molar-refractivity contribution in [3.05, 3.63) is 0 Å². The number of aliphatic imine (C=N–C) groups is 1. The summed E-state index contributed by atoms with van der Waals surface area (Å²) in [6.45, 7) is 2.62. The van der Waals surface area contributed by atoms with Crippen molar-refractivity contribution in [2.24, 2.45) is 10.1 Å². The van der Waals surface area contributed by atoms with Gasteiger partial charge < -0.3 is 20.3 Å². The van der Waals surface area contributed by atoms with Gasteiger partial charge in [0.05, 0.1) is 6.04 Å². The summed E-state index contributed by atoms with van der Waals surface area (Å²) in [7, 11) is 0. The summed E-state index contributed by atoms with van der Waals surface area (Å²) < 4.78 is 5.64. The van der Waals surface area contributed by atoms with Crippen LogP contribution in [0.4, 0.5) is 0 Å². The first-order chi connectivity index (χ1) is 8.67. The smallest absolute Gasteiger partial charge is 0.214 e. The molecule has 2 rings (SSSR count). The van der Waals surface area contributed by atoms with E-state index in [9.17, 15) is 10.2 Å². The standard InChI is InChI=1S/C9H16N5O3S/c1-2-11-9-13-5-7(16)6(15)4(3-12-14-10)17-8(5)18-9/h4-8,10,15-16H,2-3H2,1H3,(H,11,13)/q+1/t4-,5-,6-,7-,8-/m1/s1. The van der Waals surface area contributed by atoms with Gasteiger partial charge in [-0.15, -0.1) is 0 Å². The summed E-state index contributed by atoms with van der Waals surface area (Å²) in [6.07, 6.45) is -2.65. The van der Waals surface area contributed by atoms with Crippen LogP contribution in [0.15, 0.2) is 10.1 Å². The molecule has 0 aromatic rings. The normalized spacial score (nSPS) is 41.1. The lowest BCUT2D eigenvalue weighted by molar-refractivity contribution is -0.152. The second-order valence-electron chi connectivity index (χ2n) is 4.02. The number of nitrogens with one attached hydrogen (secondary N) is 2. The fourth-order valence-electron chi connectivity index (χ4n) is 1.97. The van der Waals surface area contributed by atoms with Crippen LogP contribution >= 0.6 is 11.8 Å². The zero-order valence-corrected chi connectivity index (χ0v) is 10.7. The maximum atomic E-state index is 10.0. The molecular formula is C9H16N5O3S+. The van der Waals surface area contributed by atoms with E-state index in [2.05, 4.69) is 20.3 Å². The minimum absolute atomic E-state index is 0.0613. The average Bonchev–Trinajstić information content (AvgIpc) is 2.75. The number of thioether (sulfide) groups is 1. The van der Waals surface area contributed by atoms with Crippen LogP contribution in [0.25, 0.3) is 0 Å². The molecule has 2 heterocycles. The minimum Gasteiger partial charge on any atom is -0.388 e. The van der Waals surface area contributed by atoms with Gasteiger partial charge in [-0.3, -0.25) is 4.99 Å². The van der Waals surface area contributed by atoms with Crippen LogP contribution in [-0.2, 0) is 4.74 Å². The van der Waals surface area contributed by atoms with Gasteiger partial charge in [-0.25, -0.2) is 0 Å². The predicted octanol–water partition coefficient (Wildman–Crippen LogP) is -0.936. The van der Waals surface area contributed by atoms with Crippen molar-refractivity contribution in [2.45, 2.75) is 36.7 Å².